The summed E-state index contributed by atoms with van der Waals surface area (Å²) in [5, 5.41) is 22.8. The minimum absolute atomic E-state index is 0.690. The van der Waals surface area contributed by atoms with E-state index in [9.17, 15) is 5.26 Å². The average molecular weight is 420 g/mol. The Balaban J connectivity index is 1.77. The van der Waals surface area contributed by atoms with Crippen LogP contribution in [0.15, 0.2) is 89.0 Å². The Bertz CT molecular complexity index is 1940. The van der Waals surface area contributed by atoms with Crippen molar-refractivity contribution < 1.29 is 0 Å². The van der Waals surface area contributed by atoms with Gasteiger partial charge in [-0.3, -0.25) is 0 Å². The molecule has 0 aromatic heterocycles. The smallest absolute Gasteiger partial charge is 0.181 e. The van der Waals surface area contributed by atoms with Crippen LogP contribution in [0.5, 0.6) is 0 Å². The Morgan fingerprint density at radius 3 is 1.97 bits per heavy atom. The fraction of sp³-hybridized carbons (Fsp3) is 0.0345. The summed E-state index contributed by atoms with van der Waals surface area (Å²) >= 11 is 0. The topological polar surface area (TPSA) is 52.9 Å². The molecule has 0 amide bonds. The zero-order valence-corrected chi connectivity index (χ0v) is 17.8. The minimum Gasteiger partial charge on any atom is -0.181 e. The maximum atomic E-state index is 9.31. The number of rotatable bonds is 1. The lowest BCUT2D eigenvalue weighted by molar-refractivity contribution is 1.37. The quantitative estimate of drug-likeness (QED) is 0.176. The van der Waals surface area contributed by atoms with Gasteiger partial charge < -0.3 is 0 Å². The maximum absolute atomic E-state index is 9.31. The molecule has 0 atom stereocenters. The second kappa shape index (κ2) is 7.12. The molecule has 6 aromatic rings. The normalized spacial score (nSPS) is 12.7. The molecule has 0 fully saturated rings. The molecule has 0 N–H and O–H groups in total. The Hall–Kier alpha value is -4.80. The van der Waals surface area contributed by atoms with Crippen molar-refractivity contribution in [3.8, 4) is 17.3 Å². The summed E-state index contributed by atoms with van der Waals surface area (Å²) in [6, 6.07) is 26.9. The molecule has 6 aromatic carbocycles. The Morgan fingerprint density at radius 1 is 0.667 bits per heavy atom. The second-order valence-corrected chi connectivity index (χ2v) is 8.22. The van der Waals surface area contributed by atoms with Gasteiger partial charge in [-0.1, -0.05) is 66.2 Å². The van der Waals surface area contributed by atoms with Crippen molar-refractivity contribution >= 4 is 43.1 Å². The summed E-state index contributed by atoms with van der Waals surface area (Å²) in [6.45, 7) is 9.51. The second-order valence-electron chi connectivity index (χ2n) is 8.22. The summed E-state index contributed by atoms with van der Waals surface area (Å²) in [7, 11) is 0. The SMILES string of the molecule is [C-]#[N+]/N=c1\c2cc(-c3ccc(C)cc3)ccc2c2cc3/c(=N/C#N)c4ccccc4c3cc12. The largest absolute Gasteiger partial charge is 0.206 e. The van der Waals surface area contributed by atoms with Gasteiger partial charge in [-0.25, -0.2) is 0 Å². The van der Waals surface area contributed by atoms with E-state index in [2.05, 4.69) is 76.6 Å². The highest BCUT2D eigenvalue weighted by Crippen LogP contribution is 2.33. The van der Waals surface area contributed by atoms with Crippen LogP contribution in [0.2, 0.25) is 0 Å². The van der Waals surface area contributed by atoms with Crippen LogP contribution >= 0.6 is 0 Å². The van der Waals surface area contributed by atoms with Crippen molar-refractivity contribution in [2.24, 2.45) is 10.1 Å². The first-order valence-corrected chi connectivity index (χ1v) is 10.6. The first-order chi connectivity index (χ1) is 16.2. The number of benzene rings is 4. The third-order valence-electron chi connectivity index (χ3n) is 6.40. The van der Waals surface area contributed by atoms with Gasteiger partial charge in [0.15, 0.2) is 5.36 Å². The predicted octanol–water partition coefficient (Wildman–Crippen LogP) is 6.27. The lowest BCUT2D eigenvalue weighted by Crippen LogP contribution is -1.98. The summed E-state index contributed by atoms with van der Waals surface area (Å²) in [4.78, 5) is 7.53. The van der Waals surface area contributed by atoms with Crippen LogP contribution in [0.25, 0.3) is 59.2 Å². The van der Waals surface area contributed by atoms with Gasteiger partial charge in [0, 0.05) is 21.5 Å². The number of hydrogen-bond donors (Lipinski definition) is 0. The van der Waals surface area contributed by atoms with Crippen molar-refractivity contribution in [2.75, 3.05) is 0 Å². The van der Waals surface area contributed by atoms with Crippen LogP contribution in [0.3, 0.4) is 0 Å². The molecule has 0 spiro atoms. The van der Waals surface area contributed by atoms with Crippen molar-refractivity contribution in [1.29, 1.82) is 5.26 Å². The summed E-state index contributed by atoms with van der Waals surface area (Å²) in [5.74, 6) is 0. The molecule has 0 aliphatic rings. The monoisotopic (exact) mass is 420 g/mol. The number of nitriles is 1. The van der Waals surface area contributed by atoms with E-state index in [1.165, 1.54) is 5.56 Å². The van der Waals surface area contributed by atoms with Gasteiger partial charge >= 0.3 is 0 Å². The van der Waals surface area contributed by atoms with E-state index in [0.29, 0.717) is 10.7 Å². The molecule has 4 heteroatoms. The van der Waals surface area contributed by atoms with Crippen LogP contribution in [0.4, 0.5) is 0 Å². The third kappa shape index (κ3) is 2.75. The molecule has 6 rings (SSSR count). The highest BCUT2D eigenvalue weighted by Gasteiger charge is 2.16. The number of nitrogens with zero attached hydrogens (tertiary/aromatic N) is 4. The van der Waals surface area contributed by atoms with Gasteiger partial charge in [-0.2, -0.15) is 16.8 Å². The van der Waals surface area contributed by atoms with Crippen LogP contribution in [-0.2, 0) is 0 Å². The molecule has 0 aliphatic carbocycles. The van der Waals surface area contributed by atoms with Crippen molar-refractivity contribution in [3.63, 3.8) is 0 Å². The molecule has 0 saturated carbocycles. The minimum atomic E-state index is 0.690. The van der Waals surface area contributed by atoms with Crippen molar-refractivity contribution in [2.45, 2.75) is 6.92 Å². The molecular formula is C29H16N4. The molecule has 0 bridgehead atoms. The summed E-state index contributed by atoms with van der Waals surface area (Å²) in [5.41, 5.74) is 3.43. The fourth-order valence-electron chi connectivity index (χ4n) is 4.88. The zero-order chi connectivity index (χ0) is 22.5. The van der Waals surface area contributed by atoms with Crippen molar-refractivity contribution in [3.05, 3.63) is 107 Å². The van der Waals surface area contributed by atoms with E-state index in [1.54, 1.807) is 0 Å². The van der Waals surface area contributed by atoms with E-state index >= 15 is 0 Å². The molecule has 0 heterocycles. The van der Waals surface area contributed by atoms with Gasteiger partial charge in [0.2, 0.25) is 6.19 Å². The van der Waals surface area contributed by atoms with E-state index in [0.717, 1.165) is 54.2 Å². The van der Waals surface area contributed by atoms with Gasteiger partial charge in [-0.15, -0.1) is 4.95 Å². The van der Waals surface area contributed by atoms with E-state index in [4.69, 9.17) is 6.57 Å². The average Bonchev–Trinajstić information content (AvgIpc) is 3.31. The first-order valence-electron chi connectivity index (χ1n) is 10.6. The molecule has 33 heavy (non-hydrogen) atoms. The van der Waals surface area contributed by atoms with Gasteiger partial charge in [0.05, 0.1) is 10.5 Å². The lowest BCUT2D eigenvalue weighted by Gasteiger charge is -2.03. The van der Waals surface area contributed by atoms with Crippen molar-refractivity contribution in [1.82, 2.24) is 0 Å². The van der Waals surface area contributed by atoms with Crippen LogP contribution in [-0.4, -0.2) is 0 Å². The zero-order valence-electron chi connectivity index (χ0n) is 17.8. The van der Waals surface area contributed by atoms with Crippen LogP contribution in [0, 0.1) is 25.0 Å². The molecular weight excluding hydrogens is 404 g/mol. The summed E-state index contributed by atoms with van der Waals surface area (Å²) in [6.07, 6.45) is 1.96. The number of fused-ring (bicyclic) bond motifs is 6. The van der Waals surface area contributed by atoms with Gasteiger partial charge in [-0.05, 0) is 57.8 Å². The lowest BCUT2D eigenvalue weighted by atomic mass is 10.0. The molecule has 0 unspecified atom stereocenters. The molecule has 0 saturated heterocycles. The first kappa shape index (κ1) is 18.9. The molecule has 0 radical (unpaired) electrons. The number of hydrogen-bond acceptors (Lipinski definition) is 3. The molecule has 4 nitrogen and oxygen atoms in total. The standard InChI is InChI=1S/C29H16N4/c1-17-7-9-18(10-8-17)19-11-12-21-24-14-26-23(15-27(24)29(33-31-2)25(21)13-19)20-5-3-4-6-22(20)28(26)32-16-30/h3-15H,1H3/b32-28+,33-29+. The Labute approximate surface area is 189 Å². The van der Waals surface area contributed by atoms with E-state index in [-0.39, 0.29) is 0 Å². The van der Waals surface area contributed by atoms with Crippen LogP contribution < -0.4 is 10.7 Å². The molecule has 152 valence electrons. The van der Waals surface area contributed by atoms with E-state index in [1.807, 2.05) is 30.5 Å². The highest BCUT2D eigenvalue weighted by atomic mass is 15.2. The predicted molar refractivity (Wildman–Crippen MR) is 132 cm³/mol. The Kier molecular flexibility index (Phi) is 4.09. The highest BCUT2D eigenvalue weighted by molar-refractivity contribution is 6.21. The van der Waals surface area contributed by atoms with Crippen LogP contribution in [0.1, 0.15) is 5.56 Å². The fourth-order valence-corrected chi connectivity index (χ4v) is 4.88. The van der Waals surface area contributed by atoms with Gasteiger partial charge in [0.25, 0.3) is 0 Å². The van der Waals surface area contributed by atoms with Gasteiger partial charge in [0.1, 0.15) is 0 Å². The summed E-state index contributed by atoms with van der Waals surface area (Å²) < 4.78 is 0. The maximum Gasteiger partial charge on any atom is 0.206 e. The Morgan fingerprint density at radius 2 is 1.27 bits per heavy atom. The molecule has 0 aliphatic heterocycles. The number of aryl methyl sites for hydroxylation is 1. The van der Waals surface area contributed by atoms with E-state index < -0.39 is 0 Å². The third-order valence-corrected chi connectivity index (χ3v) is 6.40.